The van der Waals surface area contributed by atoms with Crippen LogP contribution in [0.4, 0.5) is 4.79 Å². The van der Waals surface area contributed by atoms with Crippen molar-refractivity contribution in [1.29, 1.82) is 0 Å². The number of amides is 2. The van der Waals surface area contributed by atoms with Crippen LogP contribution in [0.1, 0.15) is 33.0 Å². The molecule has 0 saturated carbocycles. The lowest BCUT2D eigenvalue weighted by Crippen LogP contribution is -2.54. The zero-order valence-corrected chi connectivity index (χ0v) is 15.4. The van der Waals surface area contributed by atoms with Crippen molar-refractivity contribution in [3.8, 4) is 0 Å². The Kier molecular flexibility index (Phi) is 5.27. The minimum absolute atomic E-state index is 0.0119. The summed E-state index contributed by atoms with van der Waals surface area (Å²) in [5.41, 5.74) is 1.93. The second kappa shape index (κ2) is 7.44. The highest BCUT2D eigenvalue weighted by Gasteiger charge is 2.32. The zero-order valence-electron chi connectivity index (χ0n) is 15.4. The Hall–Kier alpha value is -2.08. The first-order chi connectivity index (χ1) is 12.1. The summed E-state index contributed by atoms with van der Waals surface area (Å²) in [6.07, 6.45) is 1.63. The molecule has 3 rings (SSSR count). The van der Waals surface area contributed by atoms with E-state index in [1.54, 1.807) is 0 Å². The maximum Gasteiger partial charge on any atom is 0.317 e. The number of carbonyl (C=O) groups excluding carboxylic acids is 1. The second-order valence-electron chi connectivity index (χ2n) is 6.82. The molecule has 1 aromatic heterocycles. The number of nitrogens with one attached hydrogen (secondary N) is 1. The van der Waals surface area contributed by atoms with E-state index < -0.39 is 0 Å². The Bertz CT molecular complexity index is 742. The molecule has 6 heteroatoms. The van der Waals surface area contributed by atoms with E-state index in [2.05, 4.69) is 36.7 Å². The van der Waals surface area contributed by atoms with Crippen molar-refractivity contribution >= 4 is 17.1 Å². The molecule has 0 aliphatic carbocycles. The number of rotatable bonds is 5. The first-order valence-corrected chi connectivity index (χ1v) is 9.17. The molecule has 25 heavy (non-hydrogen) atoms. The van der Waals surface area contributed by atoms with Gasteiger partial charge in [-0.15, -0.1) is 0 Å². The number of nitrogens with zero attached hydrogens (tertiary/aromatic N) is 3. The topological polar surface area (TPSA) is 59.4 Å². The van der Waals surface area contributed by atoms with Gasteiger partial charge in [-0.05, 0) is 32.4 Å². The summed E-state index contributed by atoms with van der Waals surface area (Å²) < 4.78 is 8.01. The number of ether oxygens (including phenoxy) is 1. The van der Waals surface area contributed by atoms with Gasteiger partial charge in [0.15, 0.2) is 0 Å². The minimum atomic E-state index is -0.230. The van der Waals surface area contributed by atoms with Crippen LogP contribution in [-0.2, 0) is 17.7 Å². The number of fused-ring (bicyclic) bond motifs is 1. The molecule has 6 nitrogen and oxygen atoms in total. The molecule has 2 heterocycles. The molecule has 0 spiro atoms. The molecule has 2 amide bonds. The highest BCUT2D eigenvalue weighted by molar-refractivity contribution is 5.76. The first-order valence-electron chi connectivity index (χ1n) is 9.17. The van der Waals surface area contributed by atoms with E-state index >= 15 is 0 Å². The van der Waals surface area contributed by atoms with Gasteiger partial charge in [-0.1, -0.05) is 19.1 Å². The molecule has 1 aromatic carbocycles. The summed E-state index contributed by atoms with van der Waals surface area (Å²) in [5, 5.41) is 3.04. The maximum atomic E-state index is 12.5. The van der Waals surface area contributed by atoms with E-state index in [4.69, 9.17) is 9.72 Å². The predicted molar refractivity (Wildman–Crippen MR) is 98.7 cm³/mol. The number of para-hydroxylation sites is 2. The lowest BCUT2D eigenvalue weighted by atomic mass is 10.0. The zero-order chi connectivity index (χ0) is 17.9. The number of aryl methyl sites for hydroxylation is 1. The Balaban J connectivity index is 1.59. The van der Waals surface area contributed by atoms with Crippen LogP contribution in [0, 0.1) is 0 Å². The summed E-state index contributed by atoms with van der Waals surface area (Å²) in [7, 11) is 0. The summed E-state index contributed by atoms with van der Waals surface area (Å²) in [4.78, 5) is 19.0. The molecule has 0 radical (unpaired) electrons. The maximum absolute atomic E-state index is 12.5. The van der Waals surface area contributed by atoms with E-state index in [0.29, 0.717) is 26.2 Å². The van der Waals surface area contributed by atoms with E-state index in [-0.39, 0.29) is 11.6 Å². The van der Waals surface area contributed by atoms with Gasteiger partial charge in [0.05, 0.1) is 29.8 Å². The summed E-state index contributed by atoms with van der Waals surface area (Å²) in [6.45, 7) is 9.63. The minimum Gasteiger partial charge on any atom is -0.372 e. The van der Waals surface area contributed by atoms with Crippen LogP contribution in [0.2, 0.25) is 0 Å². The number of imidazole rings is 1. The molecule has 0 bridgehead atoms. The van der Waals surface area contributed by atoms with Crippen LogP contribution in [-0.4, -0.2) is 52.3 Å². The number of morpholine rings is 1. The van der Waals surface area contributed by atoms with Crippen LogP contribution in [0.15, 0.2) is 24.3 Å². The van der Waals surface area contributed by atoms with Gasteiger partial charge in [-0.3, -0.25) is 0 Å². The average molecular weight is 344 g/mol. The quantitative estimate of drug-likeness (QED) is 0.907. The molecule has 1 fully saturated rings. The van der Waals surface area contributed by atoms with Crippen molar-refractivity contribution in [2.45, 2.75) is 45.8 Å². The van der Waals surface area contributed by atoms with Crippen molar-refractivity contribution in [1.82, 2.24) is 19.8 Å². The molecule has 2 aromatic rings. The fraction of sp³-hybridized carbons (Fsp3) is 0.579. The van der Waals surface area contributed by atoms with Crippen LogP contribution in [0.5, 0.6) is 0 Å². The summed E-state index contributed by atoms with van der Waals surface area (Å²) in [5.74, 6) is 1.02. The third kappa shape index (κ3) is 3.79. The number of carbonyl (C=O) groups is 1. The fourth-order valence-corrected chi connectivity index (χ4v) is 3.38. The monoisotopic (exact) mass is 344 g/mol. The van der Waals surface area contributed by atoms with Crippen LogP contribution < -0.4 is 5.32 Å². The number of aromatic nitrogens is 2. The Morgan fingerprint density at radius 1 is 1.36 bits per heavy atom. The average Bonchev–Trinajstić information content (AvgIpc) is 2.99. The largest absolute Gasteiger partial charge is 0.372 e. The number of hydrogen-bond donors (Lipinski definition) is 1. The molecule has 1 aliphatic heterocycles. The van der Waals surface area contributed by atoms with Gasteiger partial charge in [0.25, 0.3) is 0 Å². The first kappa shape index (κ1) is 17.7. The molecule has 1 N–H and O–H groups in total. The number of hydrogen-bond acceptors (Lipinski definition) is 3. The van der Waals surface area contributed by atoms with E-state index in [0.717, 1.165) is 36.2 Å². The van der Waals surface area contributed by atoms with E-state index in [1.807, 2.05) is 23.1 Å². The van der Waals surface area contributed by atoms with Gasteiger partial charge in [0, 0.05) is 26.1 Å². The Labute approximate surface area is 149 Å². The normalized spacial score (nSPS) is 20.8. The molecule has 1 aliphatic rings. The Morgan fingerprint density at radius 3 is 2.92 bits per heavy atom. The fourth-order valence-electron chi connectivity index (χ4n) is 3.38. The molecule has 1 saturated heterocycles. The SMILES string of the molecule is CCn1c(CCNC(=O)N2CCOC(C)(CC)C2)nc2ccccc21. The van der Waals surface area contributed by atoms with Crippen molar-refractivity contribution in [2.24, 2.45) is 0 Å². The highest BCUT2D eigenvalue weighted by Crippen LogP contribution is 2.21. The van der Waals surface area contributed by atoms with Gasteiger partial charge >= 0.3 is 6.03 Å². The molecule has 136 valence electrons. The van der Waals surface area contributed by atoms with Crippen molar-refractivity contribution in [2.75, 3.05) is 26.2 Å². The van der Waals surface area contributed by atoms with E-state index in [1.165, 1.54) is 0 Å². The van der Waals surface area contributed by atoms with Gasteiger partial charge < -0.3 is 19.5 Å². The summed E-state index contributed by atoms with van der Waals surface area (Å²) in [6, 6.07) is 8.15. The van der Waals surface area contributed by atoms with Gasteiger partial charge in [-0.25, -0.2) is 9.78 Å². The van der Waals surface area contributed by atoms with Crippen molar-refractivity contribution in [3.05, 3.63) is 30.1 Å². The van der Waals surface area contributed by atoms with E-state index in [9.17, 15) is 4.79 Å². The third-order valence-corrected chi connectivity index (χ3v) is 5.05. The van der Waals surface area contributed by atoms with Crippen LogP contribution in [0.3, 0.4) is 0 Å². The van der Waals surface area contributed by atoms with Crippen LogP contribution >= 0.6 is 0 Å². The molecular weight excluding hydrogens is 316 g/mol. The smallest absolute Gasteiger partial charge is 0.317 e. The second-order valence-corrected chi connectivity index (χ2v) is 6.82. The Morgan fingerprint density at radius 2 is 2.16 bits per heavy atom. The third-order valence-electron chi connectivity index (χ3n) is 5.05. The van der Waals surface area contributed by atoms with Crippen molar-refractivity contribution in [3.63, 3.8) is 0 Å². The van der Waals surface area contributed by atoms with Crippen LogP contribution in [0.25, 0.3) is 11.0 Å². The number of benzene rings is 1. The predicted octanol–water partition coefficient (Wildman–Crippen LogP) is 2.81. The standard InChI is InChI=1S/C19H28N4O2/c1-4-19(3)14-22(12-13-25-19)18(24)20-11-10-17-21-15-8-6-7-9-16(15)23(17)5-2/h6-9H,4-5,10-14H2,1-3H3,(H,20,24). The highest BCUT2D eigenvalue weighted by atomic mass is 16.5. The van der Waals surface area contributed by atoms with Crippen molar-refractivity contribution < 1.29 is 9.53 Å². The lowest BCUT2D eigenvalue weighted by molar-refractivity contribution is -0.0872. The molecule has 1 unspecified atom stereocenters. The lowest BCUT2D eigenvalue weighted by Gasteiger charge is -2.39. The molecular formula is C19H28N4O2. The van der Waals surface area contributed by atoms with Gasteiger partial charge in [0.2, 0.25) is 0 Å². The van der Waals surface area contributed by atoms with Gasteiger partial charge in [0.1, 0.15) is 5.82 Å². The van der Waals surface area contributed by atoms with Gasteiger partial charge in [-0.2, -0.15) is 0 Å². The summed E-state index contributed by atoms with van der Waals surface area (Å²) >= 11 is 0. The molecule has 1 atom stereocenters. The number of urea groups is 1.